The predicted octanol–water partition coefficient (Wildman–Crippen LogP) is 5.51. The quantitative estimate of drug-likeness (QED) is 0.383. The van der Waals surface area contributed by atoms with Crippen molar-refractivity contribution in [1.82, 2.24) is 15.2 Å². The van der Waals surface area contributed by atoms with Crippen molar-refractivity contribution in [2.45, 2.75) is 78.9 Å². The zero-order valence-corrected chi connectivity index (χ0v) is 22.4. The summed E-state index contributed by atoms with van der Waals surface area (Å²) in [6.07, 6.45) is 8.25. The van der Waals surface area contributed by atoms with E-state index in [0.29, 0.717) is 32.0 Å². The zero-order valence-electron chi connectivity index (χ0n) is 22.4. The largest absolute Gasteiger partial charge is 0.493 e. The summed E-state index contributed by atoms with van der Waals surface area (Å²) in [7, 11) is 1.80. The number of hydrogen-bond acceptors (Lipinski definition) is 5. The molecular formula is C29H41N3O3. The normalized spacial score (nSPS) is 11.8. The first kappa shape index (κ1) is 28.2. The van der Waals surface area contributed by atoms with Crippen molar-refractivity contribution in [3.8, 4) is 5.75 Å². The van der Waals surface area contributed by atoms with Crippen molar-refractivity contribution < 1.29 is 14.3 Å². The summed E-state index contributed by atoms with van der Waals surface area (Å²) in [5.74, 6) is 1.29. The molecule has 0 bridgehead atoms. The fourth-order valence-electron chi connectivity index (χ4n) is 3.75. The molecule has 0 unspecified atom stereocenters. The Balaban J connectivity index is 2.08. The van der Waals surface area contributed by atoms with Gasteiger partial charge in [0.25, 0.3) is 0 Å². The van der Waals surface area contributed by atoms with Gasteiger partial charge in [-0.05, 0) is 55.0 Å². The average Bonchev–Trinajstić information content (AvgIpc) is 2.84. The minimum atomic E-state index is -0.591. The minimum Gasteiger partial charge on any atom is -0.493 e. The third-order valence-electron chi connectivity index (χ3n) is 5.97. The molecule has 35 heavy (non-hydrogen) atoms. The number of nitrogens with zero attached hydrogens (tertiary/aromatic N) is 2. The Morgan fingerprint density at radius 1 is 1.20 bits per heavy atom. The first-order valence-electron chi connectivity index (χ1n) is 12.5. The monoisotopic (exact) mass is 479 g/mol. The van der Waals surface area contributed by atoms with Gasteiger partial charge in [0.2, 0.25) is 5.91 Å². The Hall–Kier alpha value is -2.99. The number of aromatic nitrogens is 1. The Bertz CT molecular complexity index is 1030. The number of ketones is 1. The van der Waals surface area contributed by atoms with Gasteiger partial charge in [0, 0.05) is 50.6 Å². The molecule has 190 valence electrons. The highest BCUT2D eigenvalue weighted by molar-refractivity contribution is 5.91. The van der Waals surface area contributed by atoms with Gasteiger partial charge in [0.05, 0.1) is 12.1 Å². The fourth-order valence-corrected chi connectivity index (χ4v) is 3.75. The van der Waals surface area contributed by atoms with E-state index in [0.717, 1.165) is 34.4 Å². The van der Waals surface area contributed by atoms with Crippen LogP contribution < -0.4 is 10.1 Å². The zero-order chi connectivity index (χ0) is 26.0. The number of carbonyl (C=O) groups is 2. The molecule has 6 heteroatoms. The summed E-state index contributed by atoms with van der Waals surface area (Å²) >= 11 is 0. The van der Waals surface area contributed by atoms with E-state index in [1.54, 1.807) is 36.5 Å². The van der Waals surface area contributed by atoms with Crippen molar-refractivity contribution >= 4 is 17.8 Å². The van der Waals surface area contributed by atoms with Gasteiger partial charge in [-0.1, -0.05) is 45.9 Å². The lowest BCUT2D eigenvalue weighted by Gasteiger charge is -2.24. The van der Waals surface area contributed by atoms with Crippen molar-refractivity contribution in [1.29, 1.82) is 0 Å². The molecule has 0 spiro atoms. The van der Waals surface area contributed by atoms with Crippen LogP contribution in [0, 0.1) is 0 Å². The molecule has 1 heterocycles. The number of Topliss-reactive ketones (excluding diaryl/α,β-unsaturated/α-hetero) is 1. The van der Waals surface area contributed by atoms with Crippen LogP contribution >= 0.6 is 0 Å². The first-order valence-corrected chi connectivity index (χ1v) is 12.5. The molecule has 0 aliphatic rings. The van der Waals surface area contributed by atoms with Gasteiger partial charge in [-0.15, -0.1) is 0 Å². The molecular weight excluding hydrogens is 438 g/mol. The van der Waals surface area contributed by atoms with E-state index >= 15 is 0 Å². The van der Waals surface area contributed by atoms with Crippen molar-refractivity contribution in [2.24, 2.45) is 0 Å². The smallest absolute Gasteiger partial charge is 0.246 e. The number of rotatable bonds is 13. The van der Waals surface area contributed by atoms with Crippen molar-refractivity contribution in [2.75, 3.05) is 13.7 Å². The molecule has 0 atom stereocenters. The minimum absolute atomic E-state index is 0.0976. The number of para-hydroxylation sites is 1. The fraction of sp³-hybridized carbons (Fsp3) is 0.483. The lowest BCUT2D eigenvalue weighted by Crippen LogP contribution is -2.45. The number of carbonyl (C=O) groups excluding carboxylic acids is 2. The summed E-state index contributed by atoms with van der Waals surface area (Å²) in [5, 5.41) is 3.30. The molecule has 1 aromatic carbocycles. The van der Waals surface area contributed by atoms with E-state index < -0.39 is 5.54 Å². The van der Waals surface area contributed by atoms with E-state index in [1.807, 2.05) is 39.0 Å². The Labute approximate surface area is 210 Å². The third-order valence-corrected chi connectivity index (χ3v) is 5.97. The van der Waals surface area contributed by atoms with Crippen LogP contribution in [0.1, 0.15) is 82.6 Å². The Morgan fingerprint density at radius 2 is 1.94 bits per heavy atom. The molecule has 0 saturated carbocycles. The number of ether oxygens (including phenoxy) is 1. The van der Waals surface area contributed by atoms with Gasteiger partial charge in [-0.25, -0.2) is 0 Å². The maximum absolute atomic E-state index is 12.8. The second-order valence-electron chi connectivity index (χ2n) is 9.75. The van der Waals surface area contributed by atoms with Crippen LogP contribution in [0.2, 0.25) is 0 Å². The molecule has 6 nitrogen and oxygen atoms in total. The highest BCUT2D eigenvalue weighted by Crippen LogP contribution is 2.31. The average molecular weight is 480 g/mol. The molecule has 2 rings (SSSR count). The van der Waals surface area contributed by atoms with E-state index in [1.165, 1.54) is 0 Å². The molecule has 0 fully saturated rings. The molecule has 1 amide bonds. The molecule has 2 aromatic rings. The lowest BCUT2D eigenvalue weighted by molar-refractivity contribution is -0.125. The number of hydrogen-bond donors (Lipinski definition) is 1. The van der Waals surface area contributed by atoms with Crippen LogP contribution in [0.3, 0.4) is 0 Å². The summed E-state index contributed by atoms with van der Waals surface area (Å²) in [6.45, 7) is 13.7. The maximum Gasteiger partial charge on any atom is 0.246 e. The van der Waals surface area contributed by atoms with Gasteiger partial charge in [0.15, 0.2) is 5.78 Å². The number of benzene rings is 1. The van der Waals surface area contributed by atoms with E-state index in [-0.39, 0.29) is 11.7 Å². The van der Waals surface area contributed by atoms with Gasteiger partial charge < -0.3 is 15.0 Å². The Morgan fingerprint density at radius 3 is 2.60 bits per heavy atom. The number of pyridine rings is 1. The molecule has 1 aromatic heterocycles. The van der Waals surface area contributed by atoms with Crippen LogP contribution in [0.25, 0.3) is 6.08 Å². The van der Waals surface area contributed by atoms with E-state index in [4.69, 9.17) is 4.74 Å². The van der Waals surface area contributed by atoms with Crippen molar-refractivity contribution in [3.63, 3.8) is 0 Å². The number of nitrogens with one attached hydrogen (secondary N) is 1. The van der Waals surface area contributed by atoms with E-state index in [2.05, 4.69) is 37.1 Å². The van der Waals surface area contributed by atoms with Crippen LogP contribution in [0.5, 0.6) is 5.75 Å². The van der Waals surface area contributed by atoms with Crippen LogP contribution in [-0.4, -0.2) is 40.8 Å². The second-order valence-corrected chi connectivity index (χ2v) is 9.75. The Kier molecular flexibility index (Phi) is 10.6. The predicted molar refractivity (Wildman–Crippen MR) is 142 cm³/mol. The standard InChI is InChI=1S/C29H41N3O3/c1-8-15-35-28-24(11-10-12-25(28)21(3)4)20-32(7)27(34)14-13-22-16-23(18-30-17-22)19-31-29(5,6)26(33)9-2/h10-14,16-18,21,31H,8-9,15,19-20H2,1-7H3/b14-13+. The summed E-state index contributed by atoms with van der Waals surface area (Å²) in [4.78, 5) is 30.9. The van der Waals surface area contributed by atoms with Crippen LogP contribution in [0.15, 0.2) is 42.7 Å². The molecule has 0 saturated heterocycles. The first-order chi connectivity index (χ1) is 16.6. The van der Waals surface area contributed by atoms with Crippen LogP contribution in [0.4, 0.5) is 0 Å². The SMILES string of the molecule is CCCOc1c(CN(C)C(=O)/C=C/c2cncc(CNC(C)(C)C(=O)CC)c2)cccc1C(C)C. The number of amides is 1. The lowest BCUT2D eigenvalue weighted by atomic mass is 9.97. The maximum atomic E-state index is 12.8. The van der Waals surface area contributed by atoms with Crippen LogP contribution in [-0.2, 0) is 22.7 Å². The third kappa shape index (κ3) is 8.32. The molecule has 0 aliphatic heterocycles. The topological polar surface area (TPSA) is 71.5 Å². The van der Waals surface area contributed by atoms with Crippen molar-refractivity contribution in [3.05, 3.63) is 65.0 Å². The van der Waals surface area contributed by atoms with Gasteiger partial charge in [-0.2, -0.15) is 0 Å². The summed E-state index contributed by atoms with van der Waals surface area (Å²) < 4.78 is 6.08. The summed E-state index contributed by atoms with van der Waals surface area (Å²) in [6, 6.07) is 8.11. The highest BCUT2D eigenvalue weighted by atomic mass is 16.5. The number of likely N-dealkylation sites (N-methyl/N-ethyl adjacent to an activating group) is 1. The summed E-state index contributed by atoms with van der Waals surface area (Å²) in [5.41, 5.74) is 3.36. The molecule has 0 aliphatic carbocycles. The molecule has 0 radical (unpaired) electrons. The van der Waals surface area contributed by atoms with Gasteiger partial charge >= 0.3 is 0 Å². The molecule has 1 N–H and O–H groups in total. The van der Waals surface area contributed by atoms with E-state index in [9.17, 15) is 9.59 Å². The second kappa shape index (κ2) is 13.2. The highest BCUT2D eigenvalue weighted by Gasteiger charge is 2.24. The van der Waals surface area contributed by atoms with Gasteiger partial charge in [-0.3, -0.25) is 14.6 Å². The van der Waals surface area contributed by atoms with Gasteiger partial charge in [0.1, 0.15) is 5.75 Å².